The molecule has 2 nitrogen and oxygen atoms in total. The van der Waals surface area contributed by atoms with Gasteiger partial charge in [-0.05, 0) is 18.9 Å². The molecule has 0 aliphatic heterocycles. The fourth-order valence-corrected chi connectivity index (χ4v) is 0.453. The van der Waals surface area contributed by atoms with Crippen LogP contribution in [-0.4, -0.2) is 5.97 Å². The predicted molar refractivity (Wildman–Crippen MR) is 33.9 cm³/mol. The number of hydrogen-bond donors (Lipinski definition) is 0. The fourth-order valence-electron chi connectivity index (χ4n) is 0.376. The second kappa shape index (κ2) is 3.51. The van der Waals surface area contributed by atoms with Crippen LogP contribution in [0.25, 0.3) is 0 Å². The van der Waals surface area contributed by atoms with E-state index in [4.69, 9.17) is 11.6 Å². The Kier molecular flexibility index (Phi) is 3.32. The summed E-state index contributed by atoms with van der Waals surface area (Å²) in [6.45, 7) is 3.22. The van der Waals surface area contributed by atoms with E-state index >= 15 is 0 Å². The van der Waals surface area contributed by atoms with Gasteiger partial charge in [0.1, 0.15) is 0 Å². The number of carboxylic acids is 1. The predicted octanol–water partition coefficient (Wildman–Crippen LogP) is 0.659. The first kappa shape index (κ1) is 8.50. The Hall–Kier alpha value is -0.500. The van der Waals surface area contributed by atoms with Crippen LogP contribution in [0.1, 0.15) is 20.3 Å². The Morgan fingerprint density at radius 3 is 2.22 bits per heavy atom. The zero-order chi connectivity index (χ0) is 7.44. The molecule has 0 N–H and O–H groups in total. The lowest BCUT2D eigenvalue weighted by molar-refractivity contribution is -0.299. The maximum Gasteiger partial charge on any atom is 0.0683 e. The summed E-state index contributed by atoms with van der Waals surface area (Å²) in [6, 6.07) is 0. The third-order valence-corrected chi connectivity index (χ3v) is 1.57. The minimum atomic E-state index is -1.19. The Balaban J connectivity index is 4.28. The molecule has 0 aliphatic carbocycles. The van der Waals surface area contributed by atoms with E-state index in [1.807, 2.05) is 0 Å². The zero-order valence-electron chi connectivity index (χ0n) is 5.40. The van der Waals surface area contributed by atoms with Crippen molar-refractivity contribution in [2.45, 2.75) is 20.3 Å². The minimum Gasteiger partial charge on any atom is -0.545 e. The summed E-state index contributed by atoms with van der Waals surface area (Å²) in [7, 11) is 0. The topological polar surface area (TPSA) is 40.1 Å². The van der Waals surface area contributed by atoms with Gasteiger partial charge < -0.3 is 9.90 Å². The van der Waals surface area contributed by atoms with Gasteiger partial charge in [-0.1, -0.05) is 18.5 Å². The maximum atomic E-state index is 10.0. The van der Waals surface area contributed by atoms with Gasteiger partial charge in [0, 0.05) is 5.03 Å². The van der Waals surface area contributed by atoms with Crippen molar-refractivity contribution in [2.24, 2.45) is 0 Å². The van der Waals surface area contributed by atoms with E-state index in [1.165, 1.54) is 6.92 Å². The molecule has 0 fully saturated rings. The number of carbonyl (C=O) groups excluding carboxylic acids is 1. The zero-order valence-corrected chi connectivity index (χ0v) is 6.16. The van der Waals surface area contributed by atoms with Crippen LogP contribution in [0.3, 0.4) is 0 Å². The molecule has 0 rings (SSSR count). The fraction of sp³-hybridized carbons (Fsp3) is 0.500. The van der Waals surface area contributed by atoms with Crippen LogP contribution in [0.15, 0.2) is 10.6 Å². The van der Waals surface area contributed by atoms with Gasteiger partial charge in [0.2, 0.25) is 0 Å². The van der Waals surface area contributed by atoms with Crippen molar-refractivity contribution >= 4 is 17.6 Å². The number of rotatable bonds is 2. The van der Waals surface area contributed by atoms with Crippen LogP contribution in [0, 0.1) is 0 Å². The monoisotopic (exact) mass is 147 g/mol. The summed E-state index contributed by atoms with van der Waals surface area (Å²) < 4.78 is 0. The summed E-state index contributed by atoms with van der Waals surface area (Å²) in [5, 5.41) is 10.4. The van der Waals surface area contributed by atoms with Crippen LogP contribution >= 0.6 is 11.6 Å². The molecule has 0 unspecified atom stereocenters. The summed E-state index contributed by atoms with van der Waals surface area (Å²) in [5.74, 6) is -1.19. The highest BCUT2D eigenvalue weighted by Gasteiger charge is 1.95. The summed E-state index contributed by atoms with van der Waals surface area (Å²) in [6.07, 6.45) is 0.543. The number of carboxylic acid groups (broad SMARTS) is 1. The molecule has 0 aromatic rings. The Morgan fingerprint density at radius 1 is 1.67 bits per heavy atom. The van der Waals surface area contributed by atoms with E-state index in [0.29, 0.717) is 11.5 Å². The molecule has 0 atom stereocenters. The number of carbonyl (C=O) groups is 1. The van der Waals surface area contributed by atoms with Crippen LogP contribution < -0.4 is 5.11 Å². The van der Waals surface area contributed by atoms with Crippen molar-refractivity contribution in [3.05, 3.63) is 10.6 Å². The van der Waals surface area contributed by atoms with Gasteiger partial charge in [-0.2, -0.15) is 0 Å². The number of halogens is 1. The van der Waals surface area contributed by atoms with Gasteiger partial charge in [0.15, 0.2) is 0 Å². The SMILES string of the molecule is CC/C(Cl)=C(\C)C(=O)[O-]. The average Bonchev–Trinajstić information content (AvgIpc) is 1.84. The first-order valence-electron chi connectivity index (χ1n) is 2.66. The normalized spacial score (nSPS) is 12.8. The lowest BCUT2D eigenvalue weighted by Gasteiger charge is -2.02. The molecule has 0 bridgehead atoms. The van der Waals surface area contributed by atoms with Crippen molar-refractivity contribution in [3.63, 3.8) is 0 Å². The van der Waals surface area contributed by atoms with E-state index in [1.54, 1.807) is 6.92 Å². The van der Waals surface area contributed by atoms with E-state index in [2.05, 4.69) is 0 Å². The number of hydrogen-bond acceptors (Lipinski definition) is 2. The number of aliphatic carboxylic acids is 1. The molecule has 0 aliphatic rings. The van der Waals surface area contributed by atoms with Gasteiger partial charge in [0.25, 0.3) is 0 Å². The third kappa shape index (κ3) is 2.51. The van der Waals surface area contributed by atoms with E-state index < -0.39 is 5.97 Å². The van der Waals surface area contributed by atoms with Crippen molar-refractivity contribution in [2.75, 3.05) is 0 Å². The Morgan fingerprint density at radius 2 is 2.11 bits per heavy atom. The molecular formula is C6H8ClO2-. The van der Waals surface area contributed by atoms with Crippen molar-refractivity contribution < 1.29 is 9.90 Å². The van der Waals surface area contributed by atoms with Gasteiger partial charge in [0.05, 0.1) is 5.97 Å². The highest BCUT2D eigenvalue weighted by molar-refractivity contribution is 6.31. The summed E-state index contributed by atoms with van der Waals surface area (Å²) in [5.41, 5.74) is 0.124. The van der Waals surface area contributed by atoms with Gasteiger partial charge in [-0.15, -0.1) is 0 Å². The van der Waals surface area contributed by atoms with Crippen molar-refractivity contribution in [1.29, 1.82) is 0 Å². The van der Waals surface area contributed by atoms with E-state index in [-0.39, 0.29) is 5.57 Å². The van der Waals surface area contributed by atoms with Crippen molar-refractivity contribution in [1.82, 2.24) is 0 Å². The second-order valence-corrected chi connectivity index (χ2v) is 2.13. The highest BCUT2D eigenvalue weighted by atomic mass is 35.5. The summed E-state index contributed by atoms with van der Waals surface area (Å²) in [4.78, 5) is 10.0. The van der Waals surface area contributed by atoms with Crippen LogP contribution in [0.2, 0.25) is 0 Å². The highest BCUT2D eigenvalue weighted by Crippen LogP contribution is 2.11. The molecule has 0 saturated heterocycles. The quantitative estimate of drug-likeness (QED) is 0.539. The molecule has 0 spiro atoms. The van der Waals surface area contributed by atoms with E-state index in [0.717, 1.165) is 0 Å². The largest absolute Gasteiger partial charge is 0.545 e. The Bertz CT molecular complexity index is 149. The lowest BCUT2D eigenvalue weighted by atomic mass is 10.2. The molecule has 0 saturated carbocycles. The van der Waals surface area contributed by atoms with Crippen LogP contribution in [0.5, 0.6) is 0 Å². The van der Waals surface area contributed by atoms with Gasteiger partial charge in [-0.3, -0.25) is 0 Å². The molecule has 0 aromatic carbocycles. The van der Waals surface area contributed by atoms with Crippen LogP contribution in [-0.2, 0) is 4.79 Å². The van der Waals surface area contributed by atoms with E-state index in [9.17, 15) is 9.90 Å². The van der Waals surface area contributed by atoms with Gasteiger partial charge >= 0.3 is 0 Å². The molecule has 3 heteroatoms. The second-order valence-electron chi connectivity index (χ2n) is 1.67. The van der Waals surface area contributed by atoms with Gasteiger partial charge in [-0.25, -0.2) is 0 Å². The molecule has 9 heavy (non-hydrogen) atoms. The number of allylic oxidation sites excluding steroid dienone is 1. The molecule has 0 aromatic heterocycles. The molecule has 0 radical (unpaired) electrons. The first-order chi connectivity index (χ1) is 4.09. The maximum absolute atomic E-state index is 10.0. The smallest absolute Gasteiger partial charge is 0.0683 e. The Labute approximate surface area is 59.1 Å². The lowest BCUT2D eigenvalue weighted by Crippen LogP contribution is -2.23. The molecule has 0 amide bonds. The molecule has 52 valence electrons. The average molecular weight is 148 g/mol. The summed E-state index contributed by atoms with van der Waals surface area (Å²) >= 11 is 5.47. The first-order valence-corrected chi connectivity index (χ1v) is 3.04. The minimum absolute atomic E-state index is 0.124. The van der Waals surface area contributed by atoms with Crippen LogP contribution in [0.4, 0.5) is 0 Å². The third-order valence-electron chi connectivity index (χ3n) is 1.02. The standard InChI is InChI=1S/C6H9ClO2/c1-3-5(7)4(2)6(8)9/h3H2,1-2H3,(H,8,9)/p-1/b5-4-. The molecular weight excluding hydrogens is 140 g/mol. The molecule has 0 heterocycles. The van der Waals surface area contributed by atoms with Crippen molar-refractivity contribution in [3.8, 4) is 0 Å².